The highest BCUT2D eigenvalue weighted by Gasteiger charge is 2.20. The molecule has 6 nitrogen and oxygen atoms in total. The molecule has 3 rings (SSSR count). The number of halogens is 1. The van der Waals surface area contributed by atoms with E-state index >= 15 is 0 Å². The molecule has 0 aromatic carbocycles. The first kappa shape index (κ1) is 16.6. The number of nitrogens with zero attached hydrogens (tertiary/aromatic N) is 5. The van der Waals surface area contributed by atoms with Crippen LogP contribution in [0.3, 0.4) is 0 Å². The zero-order valence-corrected chi connectivity index (χ0v) is 14.6. The maximum atomic E-state index is 12.1. The minimum Gasteiger partial charge on any atom is -0.339 e. The summed E-state index contributed by atoms with van der Waals surface area (Å²) in [5, 5.41) is 8.75. The molecule has 0 fully saturated rings. The SMILES string of the molecule is CC(C)CC(=O)N1CC=C(c2cn(-c3cccnc3Cl)nn2)CC1. The molecule has 0 bridgehead atoms. The average molecular weight is 346 g/mol. The Morgan fingerprint density at radius 1 is 1.42 bits per heavy atom. The van der Waals surface area contributed by atoms with Crippen LogP contribution in [0.1, 0.15) is 32.4 Å². The summed E-state index contributed by atoms with van der Waals surface area (Å²) in [4.78, 5) is 18.1. The van der Waals surface area contributed by atoms with E-state index in [-0.39, 0.29) is 5.91 Å². The molecule has 126 valence electrons. The molecule has 0 aliphatic carbocycles. The Balaban J connectivity index is 1.72. The van der Waals surface area contributed by atoms with Crippen LogP contribution in [-0.4, -0.2) is 43.9 Å². The molecule has 0 unspecified atom stereocenters. The number of carbonyl (C=O) groups is 1. The minimum absolute atomic E-state index is 0.214. The van der Waals surface area contributed by atoms with Crippen LogP contribution in [-0.2, 0) is 4.79 Å². The second-order valence-corrected chi connectivity index (χ2v) is 6.64. The molecule has 1 aliphatic heterocycles. The van der Waals surface area contributed by atoms with E-state index in [1.54, 1.807) is 16.9 Å². The van der Waals surface area contributed by atoms with Crippen LogP contribution in [0.5, 0.6) is 0 Å². The molecule has 7 heteroatoms. The normalized spacial score (nSPS) is 14.8. The number of hydrogen-bond acceptors (Lipinski definition) is 4. The van der Waals surface area contributed by atoms with Crippen LogP contribution in [0.25, 0.3) is 11.3 Å². The molecular formula is C17H20ClN5O. The molecule has 2 aromatic heterocycles. The lowest BCUT2D eigenvalue weighted by Crippen LogP contribution is -2.35. The van der Waals surface area contributed by atoms with Crippen molar-refractivity contribution in [3.8, 4) is 5.69 Å². The van der Waals surface area contributed by atoms with E-state index in [0.29, 0.717) is 29.7 Å². The summed E-state index contributed by atoms with van der Waals surface area (Å²) < 4.78 is 1.63. The van der Waals surface area contributed by atoms with Crippen molar-refractivity contribution >= 4 is 23.1 Å². The molecule has 3 heterocycles. The van der Waals surface area contributed by atoms with Crippen LogP contribution in [0.15, 0.2) is 30.6 Å². The van der Waals surface area contributed by atoms with Crippen molar-refractivity contribution in [3.63, 3.8) is 0 Å². The van der Waals surface area contributed by atoms with Crippen LogP contribution >= 0.6 is 11.6 Å². The highest BCUT2D eigenvalue weighted by Crippen LogP contribution is 2.23. The Labute approximate surface area is 146 Å². The summed E-state index contributed by atoms with van der Waals surface area (Å²) in [6.45, 7) is 5.47. The summed E-state index contributed by atoms with van der Waals surface area (Å²) in [6.07, 6.45) is 6.92. The van der Waals surface area contributed by atoms with E-state index in [2.05, 4.69) is 35.2 Å². The predicted octanol–water partition coefficient (Wildman–Crippen LogP) is 2.98. The van der Waals surface area contributed by atoms with E-state index in [1.807, 2.05) is 17.2 Å². The smallest absolute Gasteiger partial charge is 0.223 e. The van der Waals surface area contributed by atoms with Crippen molar-refractivity contribution in [2.24, 2.45) is 5.92 Å². The molecule has 1 aliphatic rings. The Kier molecular flexibility index (Phi) is 4.94. The molecule has 0 radical (unpaired) electrons. The molecule has 0 spiro atoms. The fourth-order valence-electron chi connectivity index (χ4n) is 2.68. The third-order valence-electron chi connectivity index (χ3n) is 3.95. The first-order chi connectivity index (χ1) is 11.5. The topological polar surface area (TPSA) is 63.9 Å². The Bertz CT molecular complexity index is 768. The van der Waals surface area contributed by atoms with Crippen molar-refractivity contribution in [3.05, 3.63) is 41.4 Å². The Morgan fingerprint density at radius 2 is 2.25 bits per heavy atom. The lowest BCUT2D eigenvalue weighted by Gasteiger charge is -2.26. The van der Waals surface area contributed by atoms with Crippen molar-refractivity contribution in [2.75, 3.05) is 13.1 Å². The second-order valence-electron chi connectivity index (χ2n) is 6.28. The van der Waals surface area contributed by atoms with Gasteiger partial charge >= 0.3 is 0 Å². The van der Waals surface area contributed by atoms with Crippen LogP contribution in [0.2, 0.25) is 5.15 Å². The second kappa shape index (κ2) is 7.13. The molecule has 2 aromatic rings. The zero-order valence-electron chi connectivity index (χ0n) is 13.8. The van der Waals surface area contributed by atoms with Gasteiger partial charge in [-0.25, -0.2) is 9.67 Å². The number of aromatic nitrogens is 4. The third kappa shape index (κ3) is 3.64. The summed E-state index contributed by atoms with van der Waals surface area (Å²) in [6, 6.07) is 3.65. The fourth-order valence-corrected chi connectivity index (χ4v) is 2.89. The zero-order chi connectivity index (χ0) is 17.1. The number of amides is 1. The van der Waals surface area contributed by atoms with E-state index in [9.17, 15) is 4.79 Å². The maximum absolute atomic E-state index is 12.1. The number of hydrogen-bond donors (Lipinski definition) is 0. The number of carbonyl (C=O) groups excluding carboxylic acids is 1. The van der Waals surface area contributed by atoms with Gasteiger partial charge in [-0.1, -0.05) is 36.7 Å². The molecule has 0 saturated carbocycles. The van der Waals surface area contributed by atoms with Gasteiger partial charge in [0.1, 0.15) is 11.4 Å². The summed E-state index contributed by atoms with van der Waals surface area (Å²) in [7, 11) is 0. The first-order valence-electron chi connectivity index (χ1n) is 8.05. The maximum Gasteiger partial charge on any atom is 0.223 e. The highest BCUT2D eigenvalue weighted by molar-refractivity contribution is 6.31. The highest BCUT2D eigenvalue weighted by atomic mass is 35.5. The van der Waals surface area contributed by atoms with Gasteiger partial charge in [-0.05, 0) is 30.0 Å². The first-order valence-corrected chi connectivity index (χ1v) is 8.43. The predicted molar refractivity (Wildman–Crippen MR) is 92.8 cm³/mol. The summed E-state index contributed by atoms with van der Waals surface area (Å²) >= 11 is 6.09. The average Bonchev–Trinajstić information content (AvgIpc) is 3.04. The molecule has 0 saturated heterocycles. The van der Waals surface area contributed by atoms with E-state index in [4.69, 9.17) is 11.6 Å². The lowest BCUT2D eigenvalue weighted by molar-refractivity contribution is -0.131. The third-order valence-corrected chi connectivity index (χ3v) is 4.24. The van der Waals surface area contributed by atoms with E-state index in [1.165, 1.54) is 0 Å². The van der Waals surface area contributed by atoms with Gasteiger partial charge < -0.3 is 4.90 Å². The summed E-state index contributed by atoms with van der Waals surface area (Å²) in [5.74, 6) is 0.595. The monoisotopic (exact) mass is 345 g/mol. The van der Waals surface area contributed by atoms with Gasteiger partial charge in [0.25, 0.3) is 0 Å². The molecule has 1 amide bonds. The van der Waals surface area contributed by atoms with Crippen molar-refractivity contribution < 1.29 is 4.79 Å². The summed E-state index contributed by atoms with van der Waals surface area (Å²) in [5.41, 5.74) is 2.61. The van der Waals surface area contributed by atoms with E-state index in [0.717, 1.165) is 24.2 Å². The van der Waals surface area contributed by atoms with Crippen LogP contribution < -0.4 is 0 Å². The van der Waals surface area contributed by atoms with Gasteiger partial charge in [0, 0.05) is 25.7 Å². The quantitative estimate of drug-likeness (QED) is 0.799. The molecule has 0 N–H and O–H groups in total. The standard InChI is InChI=1S/C17H20ClN5O/c1-12(2)10-16(24)22-8-5-13(6-9-22)14-11-23(21-20-14)15-4-3-7-19-17(15)18/h3-5,7,11-12H,6,8-10H2,1-2H3. The van der Waals surface area contributed by atoms with Crippen molar-refractivity contribution in [2.45, 2.75) is 26.7 Å². The fraction of sp³-hybridized carbons (Fsp3) is 0.412. The van der Waals surface area contributed by atoms with Gasteiger partial charge in [0.2, 0.25) is 5.91 Å². The molecule has 24 heavy (non-hydrogen) atoms. The minimum atomic E-state index is 0.214. The van der Waals surface area contributed by atoms with Gasteiger partial charge in [-0.15, -0.1) is 5.10 Å². The van der Waals surface area contributed by atoms with E-state index < -0.39 is 0 Å². The molecule has 0 atom stereocenters. The lowest BCUT2D eigenvalue weighted by atomic mass is 10.0. The van der Waals surface area contributed by atoms with Crippen LogP contribution in [0.4, 0.5) is 0 Å². The Morgan fingerprint density at radius 3 is 2.92 bits per heavy atom. The van der Waals surface area contributed by atoms with Crippen LogP contribution in [0, 0.1) is 5.92 Å². The largest absolute Gasteiger partial charge is 0.339 e. The van der Waals surface area contributed by atoms with Crippen molar-refractivity contribution in [1.29, 1.82) is 0 Å². The van der Waals surface area contributed by atoms with Gasteiger partial charge in [0.15, 0.2) is 5.15 Å². The van der Waals surface area contributed by atoms with Gasteiger partial charge in [0.05, 0.1) is 6.20 Å². The number of pyridine rings is 1. The van der Waals surface area contributed by atoms with Gasteiger partial charge in [-0.2, -0.15) is 0 Å². The Hall–Kier alpha value is -2.21. The molecular weight excluding hydrogens is 326 g/mol. The van der Waals surface area contributed by atoms with Gasteiger partial charge in [-0.3, -0.25) is 4.79 Å². The number of rotatable bonds is 4. The van der Waals surface area contributed by atoms with Crippen molar-refractivity contribution in [1.82, 2.24) is 24.9 Å².